The first-order chi connectivity index (χ1) is 41.7. The van der Waals surface area contributed by atoms with Crippen LogP contribution in [0.4, 0.5) is 67.2 Å². The van der Waals surface area contributed by atoms with Crippen LogP contribution < -0.4 is 22.0 Å². The Kier molecular flexibility index (Phi) is 20.1. The number of carbonyl (C=O) groups is 2. The van der Waals surface area contributed by atoms with Crippen LogP contribution in [-0.4, -0.2) is 123 Å². The van der Waals surface area contributed by atoms with Crippen molar-refractivity contribution in [1.29, 1.82) is 0 Å². The van der Waals surface area contributed by atoms with Crippen molar-refractivity contribution >= 4 is 74.8 Å². The van der Waals surface area contributed by atoms with E-state index in [1.54, 1.807) is 33.8 Å². The molecule has 0 aliphatic heterocycles. The van der Waals surface area contributed by atoms with Gasteiger partial charge in [-0.05, 0) is 116 Å². The minimum absolute atomic E-state index is 0.0102. The summed E-state index contributed by atoms with van der Waals surface area (Å²) in [5, 5.41) is 32.0. The fourth-order valence-electron chi connectivity index (χ4n) is 7.54. The highest BCUT2D eigenvalue weighted by atomic mass is 35.5. The second kappa shape index (κ2) is 26.2. The summed E-state index contributed by atoms with van der Waals surface area (Å²) >= 11 is 24.7. The van der Waals surface area contributed by atoms with Gasteiger partial charge >= 0.3 is 41.7 Å². The van der Waals surface area contributed by atoms with E-state index in [0.29, 0.717) is 22.0 Å². The monoisotopic (exact) mass is 1360 g/mol. The molecule has 0 saturated heterocycles. The number of hydrogen-bond acceptors (Lipinski definition) is 16. The van der Waals surface area contributed by atoms with Gasteiger partial charge in [0.2, 0.25) is 5.89 Å². The molecule has 0 unspecified atom stereocenters. The van der Waals surface area contributed by atoms with Crippen molar-refractivity contribution in [2.75, 3.05) is 5.32 Å². The Morgan fingerprint density at radius 3 is 1.59 bits per heavy atom. The molecule has 7 aromatic heterocycles. The van der Waals surface area contributed by atoms with E-state index in [1.165, 1.54) is 60.9 Å². The number of fused-ring (bicyclic) bond motifs is 1. The van der Waals surface area contributed by atoms with Crippen molar-refractivity contribution < 1.29 is 75.5 Å². The minimum Gasteiger partial charge on any atom is -0.401 e. The third kappa shape index (κ3) is 14.6. The Hall–Kier alpha value is -8.48. The molecule has 9 aromatic rings. The summed E-state index contributed by atoms with van der Waals surface area (Å²) in [7, 11) is 0. The topological polar surface area (TPSA) is 276 Å². The number of carbonyl (C=O) groups excluding carboxylic acids is 2. The molecule has 0 aliphatic carbocycles. The van der Waals surface area contributed by atoms with E-state index in [-0.39, 0.29) is 93.4 Å². The van der Waals surface area contributed by atoms with Crippen LogP contribution in [0.25, 0.3) is 34.1 Å². The third-order valence-electron chi connectivity index (χ3n) is 11.5. The second-order valence-corrected chi connectivity index (χ2v) is 21.1. The first kappa shape index (κ1) is 69.0. The zero-order chi connectivity index (χ0) is 67.0. The Labute approximate surface area is 514 Å². The standard InChI is InChI=1S/C25H20Cl2F7N9O2.C22H11Cl2F7N8O2.C3H9N/c1-11(2)36-20(44)15-8-13(26)7-12(3)18(15)37-21(45)17-9-14(39-43(17)19-16(27)5-4-6-35-19)10-42-40-22(38-41-42)23(28,29)24(30,31)25(32,33)34;1-9-5-10(23)6-12-15(9)33-17(41-18(12)40)14-7-11(35-39(14)16-13(24)3-2-4-32-16)8-38-36-19(34-37-38)20(25,26)21(27,28)22(29,30)31;1-3(2)4/h4-9,11H,10H2,1-3H3,(H,36,44)(H,37,45);2-7H,8H2,1H3;3H,4H2,1-2H3. The fourth-order valence-corrected chi connectivity index (χ4v) is 8.49. The lowest BCUT2D eigenvalue weighted by Crippen LogP contribution is -2.50. The zero-order valence-corrected chi connectivity index (χ0v) is 49.2. The summed E-state index contributed by atoms with van der Waals surface area (Å²) in [6.07, 6.45) is -10.5. The molecule has 0 spiro atoms. The number of hydrogen-bond donors (Lipinski definition) is 3. The van der Waals surface area contributed by atoms with E-state index < -0.39 is 78.2 Å². The highest BCUT2D eigenvalue weighted by molar-refractivity contribution is 6.33. The van der Waals surface area contributed by atoms with Crippen LogP contribution in [0, 0.1) is 13.8 Å². The van der Waals surface area contributed by atoms with Crippen LogP contribution in [0.5, 0.6) is 0 Å². The molecular formula is C50H40Cl4F14N18O4. The number of amides is 2. The highest BCUT2D eigenvalue weighted by Crippen LogP contribution is 2.52. The number of rotatable bonds is 15. The molecule has 0 fully saturated rings. The summed E-state index contributed by atoms with van der Waals surface area (Å²) < 4.78 is 193. The zero-order valence-electron chi connectivity index (χ0n) is 46.2. The van der Waals surface area contributed by atoms with Gasteiger partial charge in [0.15, 0.2) is 11.6 Å². The highest BCUT2D eigenvalue weighted by Gasteiger charge is 2.76. The van der Waals surface area contributed by atoms with Gasteiger partial charge in [-0.3, -0.25) is 9.59 Å². The molecule has 4 N–H and O–H groups in total. The van der Waals surface area contributed by atoms with E-state index in [0.717, 1.165) is 15.4 Å². The quantitative estimate of drug-likeness (QED) is 0.0805. The Morgan fingerprint density at radius 1 is 0.633 bits per heavy atom. The van der Waals surface area contributed by atoms with E-state index in [1.807, 2.05) is 13.8 Å². The molecule has 7 heterocycles. The number of tetrazole rings is 2. The Balaban J connectivity index is 0.000000242. The van der Waals surface area contributed by atoms with Crippen molar-refractivity contribution in [3.8, 4) is 23.2 Å². The molecule has 22 nitrogen and oxygen atoms in total. The molecule has 0 aliphatic rings. The van der Waals surface area contributed by atoms with E-state index in [4.69, 9.17) is 56.6 Å². The van der Waals surface area contributed by atoms with Crippen LogP contribution >= 0.6 is 46.4 Å². The second-order valence-electron chi connectivity index (χ2n) is 19.5. The number of anilines is 1. The first-order valence-electron chi connectivity index (χ1n) is 25.1. The van der Waals surface area contributed by atoms with Gasteiger partial charge < -0.3 is 20.8 Å². The number of alkyl halides is 14. The molecule has 9 rings (SSSR count). The molecule has 0 atom stereocenters. The van der Waals surface area contributed by atoms with Crippen molar-refractivity contribution in [3.63, 3.8) is 0 Å². The predicted molar refractivity (Wildman–Crippen MR) is 291 cm³/mol. The molecule has 90 heavy (non-hydrogen) atoms. The molecule has 0 saturated carbocycles. The van der Waals surface area contributed by atoms with Crippen LogP contribution in [0.1, 0.15) is 82.7 Å². The maximum atomic E-state index is 14.1. The lowest BCUT2D eigenvalue weighted by Gasteiger charge is -2.25. The number of nitrogens with two attached hydrogens (primary N) is 1. The van der Waals surface area contributed by atoms with Gasteiger partial charge in [0.1, 0.15) is 24.5 Å². The molecule has 2 aromatic carbocycles. The first-order valence-corrected chi connectivity index (χ1v) is 26.6. The van der Waals surface area contributed by atoms with Crippen molar-refractivity contribution in [2.45, 2.75) is 103 Å². The van der Waals surface area contributed by atoms with Gasteiger partial charge in [-0.15, -0.1) is 20.4 Å². The lowest BCUT2D eigenvalue weighted by molar-refractivity contribution is -0.361. The van der Waals surface area contributed by atoms with Gasteiger partial charge in [0, 0.05) is 28.5 Å². The van der Waals surface area contributed by atoms with Crippen LogP contribution in [-0.2, 0) is 24.9 Å². The number of benzene rings is 2. The van der Waals surface area contributed by atoms with Crippen molar-refractivity contribution in [1.82, 2.24) is 80.2 Å². The number of aromatic nitrogens is 15. The summed E-state index contributed by atoms with van der Waals surface area (Å²) in [4.78, 5) is 52.4. The molecule has 2 amide bonds. The minimum atomic E-state index is -6.61. The maximum absolute atomic E-state index is 14.1. The molecule has 40 heteroatoms. The Morgan fingerprint density at radius 2 is 1.10 bits per heavy atom. The average molecular weight is 1360 g/mol. The predicted octanol–water partition coefficient (Wildman–Crippen LogP) is 11.3. The number of nitrogens with one attached hydrogen (secondary N) is 2. The van der Waals surface area contributed by atoms with Crippen LogP contribution in [0.2, 0.25) is 20.1 Å². The number of aryl methyl sites for hydroxylation is 2. The number of nitrogens with zero attached hydrogens (tertiary/aromatic N) is 15. The Bertz CT molecular complexity index is 4190. The van der Waals surface area contributed by atoms with E-state index >= 15 is 0 Å². The van der Waals surface area contributed by atoms with Gasteiger partial charge in [-0.1, -0.05) is 60.3 Å². The third-order valence-corrected chi connectivity index (χ3v) is 12.5. The maximum Gasteiger partial charge on any atom is 0.460 e. The molecular weight excluding hydrogens is 1320 g/mol. The van der Waals surface area contributed by atoms with Gasteiger partial charge in [0.25, 0.3) is 23.5 Å². The van der Waals surface area contributed by atoms with Gasteiger partial charge in [0.05, 0.1) is 43.6 Å². The average Bonchev–Trinajstić information content (AvgIpc) is 1.25. The summed E-state index contributed by atoms with van der Waals surface area (Å²) in [5.74, 6) is -30.8. The van der Waals surface area contributed by atoms with Gasteiger partial charge in [-0.2, -0.15) is 81.3 Å². The smallest absolute Gasteiger partial charge is 0.401 e. The summed E-state index contributed by atoms with van der Waals surface area (Å²) in [5.41, 5.74) is 5.01. The molecule has 0 radical (unpaired) electrons. The van der Waals surface area contributed by atoms with Crippen LogP contribution in [0.3, 0.4) is 0 Å². The number of pyridine rings is 2. The normalized spacial score (nSPS) is 12.5. The fraction of sp³-hybridized carbons (Fsp3) is 0.320. The van der Waals surface area contributed by atoms with Crippen molar-refractivity contribution in [3.05, 3.63) is 149 Å². The lowest BCUT2D eigenvalue weighted by atomic mass is 10.1. The van der Waals surface area contributed by atoms with E-state index in [9.17, 15) is 75.8 Å². The molecule has 0 bridgehead atoms. The van der Waals surface area contributed by atoms with Crippen LogP contribution in [0.15, 0.2) is 82.3 Å². The number of halogens is 18. The molecule has 480 valence electrons. The van der Waals surface area contributed by atoms with E-state index in [2.05, 4.69) is 66.6 Å². The van der Waals surface area contributed by atoms with Gasteiger partial charge in [-0.25, -0.2) is 29.1 Å². The summed E-state index contributed by atoms with van der Waals surface area (Å²) in [6, 6.07) is 14.0. The van der Waals surface area contributed by atoms with Crippen molar-refractivity contribution in [2.24, 2.45) is 5.73 Å². The summed E-state index contributed by atoms with van der Waals surface area (Å²) in [6.45, 7) is 9.19. The SMILES string of the molecule is CC(C)N.Cc1cc(Cl)cc(C(=O)NC(C)C)c1NC(=O)c1cc(Cn2nnc(C(F)(F)C(F)(F)C(F)(F)F)n2)nn1-c1ncccc1Cl.Cc1cc(Cl)cc2c(=O)oc(-c3cc(Cn4nnc(C(F)(F)C(F)(F)C(F)(F)F)n4)nn3-c3ncccc3Cl)nc12. The largest absolute Gasteiger partial charge is 0.460 e.